The predicted octanol–water partition coefficient (Wildman–Crippen LogP) is 3.52. The number of rotatable bonds is 14. The molecule has 0 fully saturated rings. The van der Waals surface area contributed by atoms with Gasteiger partial charge in [-0.3, -0.25) is 0 Å². The van der Waals surface area contributed by atoms with Gasteiger partial charge < -0.3 is 0 Å². The van der Waals surface area contributed by atoms with Crippen molar-refractivity contribution in [2.75, 3.05) is 34.5 Å². The number of hydrogen-bond acceptors (Lipinski definition) is 5. The molecule has 2 aromatic carbocycles. The molecule has 1 unspecified atom stereocenters. The van der Waals surface area contributed by atoms with Crippen LogP contribution >= 0.6 is 0 Å². The van der Waals surface area contributed by atoms with Crippen molar-refractivity contribution in [3.05, 3.63) is 54.1 Å². The quantitative estimate of drug-likeness (QED) is 0.387. The van der Waals surface area contributed by atoms with Crippen LogP contribution in [0, 0.1) is 0 Å². The molecule has 5 nitrogen and oxygen atoms in total. The van der Waals surface area contributed by atoms with E-state index in [1.807, 2.05) is 38.1 Å². The van der Waals surface area contributed by atoms with Crippen molar-refractivity contribution in [2.45, 2.75) is 43.9 Å². The number of ether oxygens (including phenoxy) is 5. The third-order valence-corrected chi connectivity index (χ3v) is 7.03. The standard InChI is InChI=1S/C24H34O5Se/c1-18(15-25-3)28-22-12-9-13-23(29-19(2)16-26-4)24(22)30-17-21(27-5)14-20-10-7-6-8-11-20/h6-13,18-19,21H,14-17H2,1-5H3/t18-,19-,21?/m1/s1. The number of hydrogen-bond donors (Lipinski definition) is 0. The monoisotopic (exact) mass is 482 g/mol. The van der Waals surface area contributed by atoms with Crippen LogP contribution in [-0.4, -0.2) is 67.8 Å². The molecule has 0 radical (unpaired) electrons. The van der Waals surface area contributed by atoms with E-state index in [4.69, 9.17) is 23.7 Å². The zero-order chi connectivity index (χ0) is 21.8. The summed E-state index contributed by atoms with van der Waals surface area (Å²) in [4.78, 5) is 0. The van der Waals surface area contributed by atoms with Gasteiger partial charge in [-0.25, -0.2) is 0 Å². The third kappa shape index (κ3) is 8.29. The molecule has 0 saturated carbocycles. The molecule has 6 heteroatoms. The van der Waals surface area contributed by atoms with Crippen molar-refractivity contribution in [1.29, 1.82) is 0 Å². The Morgan fingerprint density at radius 3 is 1.83 bits per heavy atom. The topological polar surface area (TPSA) is 46.2 Å². The summed E-state index contributed by atoms with van der Waals surface area (Å²) in [6, 6.07) is 16.4. The molecule has 2 aromatic rings. The summed E-state index contributed by atoms with van der Waals surface area (Å²) in [6.45, 7) is 5.09. The van der Waals surface area contributed by atoms with Gasteiger partial charge in [0.15, 0.2) is 0 Å². The van der Waals surface area contributed by atoms with Gasteiger partial charge in [0.05, 0.1) is 0 Å². The van der Waals surface area contributed by atoms with Gasteiger partial charge in [0.1, 0.15) is 0 Å². The van der Waals surface area contributed by atoms with Crippen molar-refractivity contribution in [1.82, 2.24) is 0 Å². The van der Waals surface area contributed by atoms with E-state index in [0.717, 1.165) is 27.7 Å². The van der Waals surface area contributed by atoms with Crippen LogP contribution in [0.4, 0.5) is 0 Å². The Labute approximate surface area is 187 Å². The van der Waals surface area contributed by atoms with Crippen LogP contribution in [0.3, 0.4) is 0 Å². The van der Waals surface area contributed by atoms with Crippen LogP contribution in [0.5, 0.6) is 11.5 Å². The van der Waals surface area contributed by atoms with E-state index in [1.54, 1.807) is 21.3 Å². The van der Waals surface area contributed by atoms with Gasteiger partial charge in [0.25, 0.3) is 0 Å². The molecule has 0 aliphatic carbocycles. The molecule has 0 aliphatic heterocycles. The Bertz CT molecular complexity index is 693. The van der Waals surface area contributed by atoms with E-state index >= 15 is 0 Å². The first-order valence-corrected chi connectivity index (χ1v) is 12.3. The van der Waals surface area contributed by atoms with E-state index in [1.165, 1.54) is 5.56 Å². The molecule has 0 N–H and O–H groups in total. The van der Waals surface area contributed by atoms with Crippen LogP contribution in [0.1, 0.15) is 19.4 Å². The minimum absolute atomic E-state index is 0.0428. The molecule has 0 aliphatic rings. The van der Waals surface area contributed by atoms with E-state index in [2.05, 4.69) is 24.3 Å². The molecule has 0 spiro atoms. The summed E-state index contributed by atoms with van der Waals surface area (Å²) in [7, 11) is 5.15. The summed E-state index contributed by atoms with van der Waals surface area (Å²) in [5.41, 5.74) is 1.28. The van der Waals surface area contributed by atoms with Gasteiger partial charge in [-0.15, -0.1) is 0 Å². The fraction of sp³-hybridized carbons (Fsp3) is 0.500. The second-order valence-electron chi connectivity index (χ2n) is 7.21. The molecule has 0 saturated heterocycles. The van der Waals surface area contributed by atoms with Crippen molar-refractivity contribution in [3.8, 4) is 11.5 Å². The second-order valence-corrected chi connectivity index (χ2v) is 9.37. The molecule has 0 bridgehead atoms. The van der Waals surface area contributed by atoms with Gasteiger partial charge in [-0.2, -0.15) is 0 Å². The fourth-order valence-electron chi connectivity index (χ4n) is 3.06. The van der Waals surface area contributed by atoms with Crippen LogP contribution in [0.2, 0.25) is 5.32 Å². The zero-order valence-electron chi connectivity index (χ0n) is 18.6. The predicted molar refractivity (Wildman–Crippen MR) is 122 cm³/mol. The summed E-state index contributed by atoms with van der Waals surface area (Å²) >= 11 is 0.112. The van der Waals surface area contributed by atoms with Gasteiger partial charge in [-0.05, 0) is 0 Å². The van der Waals surface area contributed by atoms with Crippen molar-refractivity contribution in [3.63, 3.8) is 0 Å². The first-order valence-electron chi connectivity index (χ1n) is 10.2. The first kappa shape index (κ1) is 24.7. The Morgan fingerprint density at radius 2 is 1.33 bits per heavy atom. The van der Waals surface area contributed by atoms with Gasteiger partial charge in [-0.1, -0.05) is 0 Å². The third-order valence-electron chi connectivity index (χ3n) is 4.45. The van der Waals surface area contributed by atoms with Crippen LogP contribution < -0.4 is 13.9 Å². The van der Waals surface area contributed by atoms with Gasteiger partial charge >= 0.3 is 187 Å². The molecule has 0 amide bonds. The Morgan fingerprint density at radius 1 is 0.767 bits per heavy atom. The maximum atomic E-state index is 6.19. The summed E-state index contributed by atoms with van der Waals surface area (Å²) in [5, 5.41) is 0.923. The second kappa shape index (κ2) is 13.7. The average Bonchev–Trinajstić information content (AvgIpc) is 2.73. The first-order chi connectivity index (χ1) is 14.6. The molecule has 3 atom stereocenters. The van der Waals surface area contributed by atoms with Crippen LogP contribution in [0.15, 0.2) is 48.5 Å². The average molecular weight is 481 g/mol. The normalized spacial score (nSPS) is 14.2. The summed E-state index contributed by atoms with van der Waals surface area (Å²) in [5.74, 6) is 1.72. The summed E-state index contributed by atoms with van der Waals surface area (Å²) < 4.78 is 29.8. The fourth-order valence-corrected chi connectivity index (χ4v) is 5.41. The van der Waals surface area contributed by atoms with Gasteiger partial charge in [0, 0.05) is 0 Å². The minimum atomic E-state index is -0.0428. The number of benzene rings is 2. The Balaban J connectivity index is 2.17. The van der Waals surface area contributed by atoms with Crippen molar-refractivity contribution >= 4 is 19.4 Å². The van der Waals surface area contributed by atoms with Crippen molar-refractivity contribution in [2.24, 2.45) is 0 Å². The zero-order valence-corrected chi connectivity index (χ0v) is 20.3. The van der Waals surface area contributed by atoms with Crippen LogP contribution in [-0.2, 0) is 20.6 Å². The molecular weight excluding hydrogens is 447 g/mol. The molecule has 0 heterocycles. The number of methoxy groups -OCH3 is 3. The molecule has 30 heavy (non-hydrogen) atoms. The van der Waals surface area contributed by atoms with Gasteiger partial charge in [0.2, 0.25) is 0 Å². The SMILES string of the molecule is COC[C@@H](C)Oc1cccc(O[C@H](C)COC)c1[Se]CC(Cc1ccccc1)OC. The Kier molecular flexibility index (Phi) is 11.3. The maximum absolute atomic E-state index is 6.19. The molecular formula is C24H34O5Se. The molecule has 2 rings (SSSR count). The van der Waals surface area contributed by atoms with Crippen molar-refractivity contribution < 1.29 is 23.7 Å². The molecule has 166 valence electrons. The van der Waals surface area contributed by atoms with Crippen LogP contribution in [0.25, 0.3) is 0 Å². The van der Waals surface area contributed by atoms with E-state index < -0.39 is 0 Å². The van der Waals surface area contributed by atoms with E-state index in [-0.39, 0.29) is 33.3 Å². The Hall–Kier alpha value is -1.56. The summed E-state index contributed by atoms with van der Waals surface area (Å²) in [6.07, 6.45) is 0.942. The van der Waals surface area contributed by atoms with E-state index in [9.17, 15) is 0 Å². The molecule has 0 aromatic heterocycles. The van der Waals surface area contributed by atoms with E-state index in [0.29, 0.717) is 13.2 Å².